The first-order valence-corrected chi connectivity index (χ1v) is 6.38. The lowest BCUT2D eigenvalue weighted by Crippen LogP contribution is -2.16. The van der Waals surface area contributed by atoms with Crippen LogP contribution in [0.2, 0.25) is 5.02 Å². The molecule has 1 N–H and O–H groups in total. The molecular weight excluding hydrogens is 284 g/mol. The zero-order valence-electron chi connectivity index (χ0n) is 8.93. The number of hydrogen-bond acceptors (Lipinski definition) is 2. The van der Waals surface area contributed by atoms with E-state index in [1.807, 2.05) is 0 Å². The van der Waals surface area contributed by atoms with Gasteiger partial charge in [0.05, 0.1) is 5.88 Å². The Labute approximate surface area is 115 Å². The molecule has 0 saturated heterocycles. The van der Waals surface area contributed by atoms with Crippen LogP contribution in [0.1, 0.15) is 5.56 Å². The fourth-order valence-electron chi connectivity index (χ4n) is 1.24. The minimum absolute atomic E-state index is 0.155. The molecule has 0 spiro atoms. The van der Waals surface area contributed by atoms with E-state index in [-0.39, 0.29) is 12.5 Å². The molecule has 0 saturated carbocycles. The standard InChI is InChI=1S/C11H11Cl3NO2/c12-5-4-8-9(14)2-1-3-10(8)15-11(16)17-7-6-13/h2-3H,4-7H2,(H,15,16). The van der Waals surface area contributed by atoms with Crippen molar-refractivity contribution in [3.63, 3.8) is 0 Å². The molecule has 0 unspecified atom stereocenters. The number of hydrogen-bond donors (Lipinski definition) is 1. The van der Waals surface area contributed by atoms with Crippen LogP contribution in [0.15, 0.2) is 12.1 Å². The fourth-order valence-corrected chi connectivity index (χ4v) is 1.76. The molecule has 0 aromatic heterocycles. The van der Waals surface area contributed by atoms with Gasteiger partial charge in [-0.2, -0.15) is 0 Å². The Morgan fingerprint density at radius 3 is 2.76 bits per heavy atom. The monoisotopic (exact) mass is 294 g/mol. The molecule has 17 heavy (non-hydrogen) atoms. The maximum Gasteiger partial charge on any atom is 0.411 e. The third-order valence-electron chi connectivity index (χ3n) is 1.94. The van der Waals surface area contributed by atoms with E-state index in [9.17, 15) is 4.79 Å². The first-order valence-electron chi connectivity index (χ1n) is 4.93. The number of rotatable bonds is 5. The van der Waals surface area contributed by atoms with Crippen molar-refractivity contribution in [2.75, 3.05) is 23.7 Å². The van der Waals surface area contributed by atoms with Gasteiger partial charge in [-0.15, -0.1) is 23.2 Å². The smallest absolute Gasteiger partial charge is 0.411 e. The van der Waals surface area contributed by atoms with E-state index in [1.54, 1.807) is 12.1 Å². The van der Waals surface area contributed by atoms with E-state index in [0.717, 1.165) is 5.56 Å². The van der Waals surface area contributed by atoms with Crippen molar-refractivity contribution < 1.29 is 9.53 Å². The van der Waals surface area contributed by atoms with E-state index in [0.29, 0.717) is 23.0 Å². The number of carbonyl (C=O) groups excluding carboxylic acids is 1. The minimum Gasteiger partial charge on any atom is -0.448 e. The van der Waals surface area contributed by atoms with E-state index in [2.05, 4.69) is 11.4 Å². The summed E-state index contributed by atoms with van der Waals surface area (Å²) >= 11 is 17.1. The van der Waals surface area contributed by atoms with Gasteiger partial charge in [-0.1, -0.05) is 11.6 Å². The van der Waals surface area contributed by atoms with E-state index >= 15 is 0 Å². The van der Waals surface area contributed by atoms with Crippen LogP contribution in [0.25, 0.3) is 0 Å². The first kappa shape index (κ1) is 14.4. The molecule has 93 valence electrons. The highest BCUT2D eigenvalue weighted by atomic mass is 35.5. The summed E-state index contributed by atoms with van der Waals surface area (Å²) in [4.78, 5) is 11.4. The Balaban J connectivity index is 2.75. The Bertz CT molecular complexity index is 385. The predicted octanol–water partition coefficient (Wildman–Crippen LogP) is 3.71. The largest absolute Gasteiger partial charge is 0.448 e. The van der Waals surface area contributed by atoms with Crippen LogP contribution in [-0.2, 0) is 11.2 Å². The Hall–Kier alpha value is -0.640. The van der Waals surface area contributed by atoms with Crippen LogP contribution < -0.4 is 5.32 Å². The molecule has 1 aromatic rings. The van der Waals surface area contributed by atoms with Crippen LogP contribution in [0.5, 0.6) is 0 Å². The van der Waals surface area contributed by atoms with Gasteiger partial charge in [0.15, 0.2) is 0 Å². The van der Waals surface area contributed by atoms with Gasteiger partial charge in [0.2, 0.25) is 0 Å². The molecule has 0 aliphatic rings. The Kier molecular flexibility index (Phi) is 6.48. The Morgan fingerprint density at radius 1 is 1.35 bits per heavy atom. The number of ether oxygens (including phenoxy) is 1. The van der Waals surface area contributed by atoms with Crippen molar-refractivity contribution in [1.29, 1.82) is 0 Å². The summed E-state index contributed by atoms with van der Waals surface area (Å²) in [7, 11) is 0. The molecule has 0 aliphatic carbocycles. The van der Waals surface area contributed by atoms with Crippen molar-refractivity contribution in [2.45, 2.75) is 6.42 Å². The molecular formula is C11H11Cl3NO2. The van der Waals surface area contributed by atoms with Gasteiger partial charge in [-0.25, -0.2) is 4.79 Å². The first-order chi connectivity index (χ1) is 8.19. The van der Waals surface area contributed by atoms with Gasteiger partial charge in [-0.05, 0) is 30.2 Å². The van der Waals surface area contributed by atoms with Crippen molar-refractivity contribution in [1.82, 2.24) is 0 Å². The van der Waals surface area contributed by atoms with Crippen LogP contribution in [0.4, 0.5) is 10.5 Å². The summed E-state index contributed by atoms with van der Waals surface area (Å²) in [5.74, 6) is 0.665. The Morgan fingerprint density at radius 2 is 2.12 bits per heavy atom. The van der Waals surface area contributed by atoms with Crippen LogP contribution in [-0.4, -0.2) is 24.5 Å². The highest BCUT2D eigenvalue weighted by Gasteiger charge is 2.10. The van der Waals surface area contributed by atoms with Gasteiger partial charge >= 0.3 is 6.09 Å². The van der Waals surface area contributed by atoms with Crippen molar-refractivity contribution in [2.24, 2.45) is 0 Å². The number of amides is 1. The highest BCUT2D eigenvalue weighted by Crippen LogP contribution is 2.25. The molecule has 1 radical (unpaired) electrons. The molecule has 1 aromatic carbocycles. The summed E-state index contributed by atoms with van der Waals surface area (Å²) in [5, 5.41) is 3.09. The van der Waals surface area contributed by atoms with Gasteiger partial charge < -0.3 is 4.74 Å². The van der Waals surface area contributed by atoms with Gasteiger partial charge in [0.25, 0.3) is 0 Å². The third-order valence-corrected chi connectivity index (χ3v) is 2.62. The average Bonchev–Trinajstić information content (AvgIpc) is 2.31. The second kappa shape index (κ2) is 7.64. The number of carbonyl (C=O) groups is 1. The van der Waals surface area contributed by atoms with Crippen LogP contribution in [0.3, 0.4) is 0 Å². The van der Waals surface area contributed by atoms with Crippen LogP contribution in [0, 0.1) is 6.07 Å². The zero-order valence-corrected chi connectivity index (χ0v) is 11.2. The summed E-state index contributed by atoms with van der Waals surface area (Å²) in [6.45, 7) is 0.155. The summed E-state index contributed by atoms with van der Waals surface area (Å²) in [6.07, 6.45) is -0.0164. The molecule has 1 rings (SSSR count). The van der Waals surface area contributed by atoms with E-state index < -0.39 is 6.09 Å². The molecule has 0 bridgehead atoms. The van der Waals surface area contributed by atoms with Gasteiger partial charge in [-0.3, -0.25) is 5.32 Å². The SMILES string of the molecule is O=C(Nc1c[c]cc(Cl)c1CCCl)OCCCl. The van der Waals surface area contributed by atoms with Gasteiger partial charge in [0, 0.05) is 16.6 Å². The summed E-state index contributed by atoms with van der Waals surface area (Å²) < 4.78 is 4.80. The second-order valence-corrected chi connectivity index (χ2v) is 4.25. The highest BCUT2D eigenvalue weighted by molar-refractivity contribution is 6.32. The number of anilines is 1. The zero-order chi connectivity index (χ0) is 12.7. The number of halogens is 3. The van der Waals surface area contributed by atoms with Crippen LogP contribution >= 0.6 is 34.8 Å². The fraction of sp³-hybridized carbons (Fsp3) is 0.364. The lowest BCUT2D eigenvalue weighted by molar-refractivity contribution is 0.168. The average molecular weight is 296 g/mol. The summed E-state index contributed by atoms with van der Waals surface area (Å²) in [6, 6.07) is 6.06. The quantitative estimate of drug-likeness (QED) is 0.841. The van der Waals surface area contributed by atoms with Crippen molar-refractivity contribution in [3.8, 4) is 0 Å². The number of benzene rings is 1. The topological polar surface area (TPSA) is 38.3 Å². The number of nitrogens with one attached hydrogen (secondary N) is 1. The maximum atomic E-state index is 11.4. The van der Waals surface area contributed by atoms with Gasteiger partial charge in [0.1, 0.15) is 6.61 Å². The minimum atomic E-state index is -0.572. The van der Waals surface area contributed by atoms with E-state index in [4.69, 9.17) is 39.5 Å². The number of alkyl halides is 2. The van der Waals surface area contributed by atoms with Crippen molar-refractivity contribution in [3.05, 3.63) is 28.8 Å². The third kappa shape index (κ3) is 4.62. The normalized spacial score (nSPS) is 10.1. The molecule has 0 atom stereocenters. The summed E-state index contributed by atoms with van der Waals surface area (Å²) in [5.41, 5.74) is 1.32. The molecule has 0 fully saturated rings. The predicted molar refractivity (Wildman–Crippen MR) is 70.4 cm³/mol. The molecule has 1 amide bonds. The van der Waals surface area contributed by atoms with Crippen molar-refractivity contribution >= 4 is 46.6 Å². The second-order valence-electron chi connectivity index (χ2n) is 3.08. The van der Waals surface area contributed by atoms with E-state index in [1.165, 1.54) is 0 Å². The maximum absolute atomic E-state index is 11.4. The molecule has 0 heterocycles. The lowest BCUT2D eigenvalue weighted by Gasteiger charge is -2.11. The molecule has 0 aliphatic heterocycles. The lowest BCUT2D eigenvalue weighted by atomic mass is 10.1. The molecule has 6 heteroatoms. The molecule has 3 nitrogen and oxygen atoms in total.